The van der Waals surface area contributed by atoms with E-state index in [0.29, 0.717) is 5.69 Å². The SMILES string of the molecule is O=C(O)CCN(C(=O)Nc1ccc(Br)cc1Br)C1CC1. The second-order valence-electron chi connectivity index (χ2n) is 4.62. The van der Waals surface area contributed by atoms with Crippen molar-refractivity contribution in [3.63, 3.8) is 0 Å². The van der Waals surface area contributed by atoms with E-state index in [2.05, 4.69) is 37.2 Å². The molecule has 1 aliphatic rings. The molecule has 1 aromatic carbocycles. The van der Waals surface area contributed by atoms with Gasteiger partial charge < -0.3 is 15.3 Å². The fourth-order valence-electron chi connectivity index (χ4n) is 1.83. The number of nitrogens with one attached hydrogen (secondary N) is 1. The van der Waals surface area contributed by atoms with Gasteiger partial charge in [0.25, 0.3) is 0 Å². The maximum absolute atomic E-state index is 12.2. The lowest BCUT2D eigenvalue weighted by Crippen LogP contribution is -2.38. The van der Waals surface area contributed by atoms with E-state index in [-0.39, 0.29) is 25.0 Å². The molecule has 2 rings (SSSR count). The van der Waals surface area contributed by atoms with Crippen LogP contribution in [-0.4, -0.2) is 34.6 Å². The Morgan fingerprint density at radius 2 is 2.05 bits per heavy atom. The van der Waals surface area contributed by atoms with Crippen molar-refractivity contribution < 1.29 is 14.7 Å². The molecule has 0 aliphatic heterocycles. The number of anilines is 1. The summed E-state index contributed by atoms with van der Waals surface area (Å²) in [6.07, 6.45) is 1.84. The van der Waals surface area contributed by atoms with Gasteiger partial charge in [0.2, 0.25) is 0 Å². The van der Waals surface area contributed by atoms with Gasteiger partial charge in [-0.3, -0.25) is 4.79 Å². The van der Waals surface area contributed by atoms with Crippen molar-refractivity contribution in [1.29, 1.82) is 0 Å². The first-order valence-electron chi connectivity index (χ1n) is 6.22. The number of carboxylic acids is 1. The highest BCUT2D eigenvalue weighted by Gasteiger charge is 2.32. The molecule has 7 heteroatoms. The number of benzene rings is 1. The first-order chi connectivity index (χ1) is 9.47. The maximum atomic E-state index is 12.2. The molecular formula is C13H14Br2N2O3. The molecule has 0 unspecified atom stereocenters. The number of carbonyl (C=O) groups is 2. The van der Waals surface area contributed by atoms with Crippen LogP contribution in [0.1, 0.15) is 19.3 Å². The quantitative estimate of drug-likeness (QED) is 0.784. The minimum Gasteiger partial charge on any atom is -0.481 e. The van der Waals surface area contributed by atoms with Gasteiger partial charge in [0.1, 0.15) is 0 Å². The van der Waals surface area contributed by atoms with Crippen LogP contribution < -0.4 is 5.32 Å². The van der Waals surface area contributed by atoms with Crippen LogP contribution in [0.3, 0.4) is 0 Å². The van der Waals surface area contributed by atoms with Crippen LogP contribution in [0.5, 0.6) is 0 Å². The zero-order valence-electron chi connectivity index (χ0n) is 10.6. The molecule has 0 saturated heterocycles. The third kappa shape index (κ3) is 4.21. The molecule has 1 aromatic rings. The molecule has 5 nitrogen and oxygen atoms in total. The molecule has 2 amide bonds. The molecule has 108 valence electrons. The predicted molar refractivity (Wildman–Crippen MR) is 82.8 cm³/mol. The van der Waals surface area contributed by atoms with Gasteiger partial charge in [-0.1, -0.05) is 15.9 Å². The van der Waals surface area contributed by atoms with E-state index in [1.165, 1.54) is 0 Å². The predicted octanol–water partition coefficient (Wildman–Crippen LogP) is 3.68. The summed E-state index contributed by atoms with van der Waals surface area (Å²) in [4.78, 5) is 24.5. The van der Waals surface area contributed by atoms with Gasteiger partial charge in [0.15, 0.2) is 0 Å². The van der Waals surface area contributed by atoms with Gasteiger partial charge in [-0.15, -0.1) is 0 Å². The molecule has 0 heterocycles. The standard InChI is InChI=1S/C13H14Br2N2O3/c14-8-1-4-11(10(15)7-8)16-13(20)17(9-2-3-9)6-5-12(18)19/h1,4,7,9H,2-3,5-6H2,(H,16,20)(H,18,19). The number of carbonyl (C=O) groups excluding carboxylic acids is 1. The first kappa shape index (κ1) is 15.3. The Bertz CT molecular complexity index is 532. The molecule has 0 spiro atoms. The van der Waals surface area contributed by atoms with Crippen molar-refractivity contribution in [2.75, 3.05) is 11.9 Å². The fourth-order valence-corrected chi connectivity index (χ4v) is 2.98. The van der Waals surface area contributed by atoms with Crippen LogP contribution in [0.25, 0.3) is 0 Å². The summed E-state index contributed by atoms with van der Waals surface area (Å²) < 4.78 is 1.68. The molecule has 1 fully saturated rings. The fraction of sp³-hybridized carbons (Fsp3) is 0.385. The Balaban J connectivity index is 2.02. The molecular weight excluding hydrogens is 392 g/mol. The van der Waals surface area contributed by atoms with E-state index in [0.717, 1.165) is 21.8 Å². The van der Waals surface area contributed by atoms with Crippen LogP contribution in [0.15, 0.2) is 27.1 Å². The Hall–Kier alpha value is -1.08. The molecule has 0 atom stereocenters. The third-order valence-corrected chi connectivity index (χ3v) is 4.14. The Morgan fingerprint density at radius 3 is 2.60 bits per heavy atom. The highest BCUT2D eigenvalue weighted by atomic mass is 79.9. The molecule has 1 saturated carbocycles. The summed E-state index contributed by atoms with van der Waals surface area (Å²) in [6.45, 7) is 0.236. The smallest absolute Gasteiger partial charge is 0.322 e. The van der Waals surface area contributed by atoms with E-state index >= 15 is 0 Å². The van der Waals surface area contributed by atoms with Gasteiger partial charge in [-0.05, 0) is 47.0 Å². The van der Waals surface area contributed by atoms with E-state index in [1.54, 1.807) is 11.0 Å². The molecule has 20 heavy (non-hydrogen) atoms. The van der Waals surface area contributed by atoms with Crippen molar-refractivity contribution in [1.82, 2.24) is 4.90 Å². The zero-order valence-corrected chi connectivity index (χ0v) is 13.8. The monoisotopic (exact) mass is 404 g/mol. The number of hydrogen-bond acceptors (Lipinski definition) is 2. The Kier molecular flexibility index (Phi) is 5.04. The number of rotatable bonds is 5. The number of hydrogen-bond donors (Lipinski definition) is 2. The average Bonchev–Trinajstić information content (AvgIpc) is 3.17. The van der Waals surface area contributed by atoms with E-state index in [9.17, 15) is 9.59 Å². The minimum absolute atomic E-state index is 0.0363. The van der Waals surface area contributed by atoms with Crippen molar-refractivity contribution in [3.05, 3.63) is 27.1 Å². The van der Waals surface area contributed by atoms with Crippen LogP contribution in [0.4, 0.5) is 10.5 Å². The lowest BCUT2D eigenvalue weighted by Gasteiger charge is -2.22. The second kappa shape index (κ2) is 6.58. The number of nitrogens with zero attached hydrogens (tertiary/aromatic N) is 1. The number of halogens is 2. The minimum atomic E-state index is -0.895. The van der Waals surface area contributed by atoms with Gasteiger partial charge in [0.05, 0.1) is 12.1 Å². The number of urea groups is 1. The van der Waals surface area contributed by atoms with Crippen molar-refractivity contribution in [2.24, 2.45) is 0 Å². The molecule has 0 aromatic heterocycles. The van der Waals surface area contributed by atoms with Crippen LogP contribution in [0, 0.1) is 0 Å². The summed E-state index contributed by atoms with van der Waals surface area (Å²) >= 11 is 6.73. The van der Waals surface area contributed by atoms with Crippen LogP contribution >= 0.6 is 31.9 Å². The third-order valence-electron chi connectivity index (χ3n) is 2.99. The lowest BCUT2D eigenvalue weighted by atomic mass is 10.3. The number of aliphatic carboxylic acids is 1. The van der Waals surface area contributed by atoms with Gasteiger partial charge in [0, 0.05) is 21.5 Å². The number of carboxylic acid groups (broad SMARTS) is 1. The normalized spacial score (nSPS) is 13.9. The summed E-state index contributed by atoms with van der Waals surface area (Å²) in [6, 6.07) is 5.38. The Labute approximate surface area is 133 Å². The van der Waals surface area contributed by atoms with Crippen molar-refractivity contribution in [3.8, 4) is 0 Å². The molecule has 1 aliphatic carbocycles. The van der Waals surface area contributed by atoms with Crippen molar-refractivity contribution >= 4 is 49.5 Å². The topological polar surface area (TPSA) is 69.6 Å². The summed E-state index contributed by atoms with van der Waals surface area (Å²) in [7, 11) is 0. The van der Waals surface area contributed by atoms with Gasteiger partial charge in [-0.2, -0.15) is 0 Å². The molecule has 2 N–H and O–H groups in total. The summed E-state index contributed by atoms with van der Waals surface area (Å²) in [5.74, 6) is -0.895. The highest BCUT2D eigenvalue weighted by molar-refractivity contribution is 9.11. The average molecular weight is 406 g/mol. The van der Waals surface area contributed by atoms with Crippen molar-refractivity contribution in [2.45, 2.75) is 25.3 Å². The zero-order chi connectivity index (χ0) is 14.7. The van der Waals surface area contributed by atoms with E-state index in [4.69, 9.17) is 5.11 Å². The second-order valence-corrected chi connectivity index (χ2v) is 6.39. The van der Waals surface area contributed by atoms with Gasteiger partial charge in [-0.25, -0.2) is 4.79 Å². The first-order valence-corrected chi connectivity index (χ1v) is 7.80. The van der Waals surface area contributed by atoms with Crippen LogP contribution in [0.2, 0.25) is 0 Å². The molecule has 0 radical (unpaired) electrons. The maximum Gasteiger partial charge on any atom is 0.322 e. The molecule has 0 bridgehead atoms. The van der Waals surface area contributed by atoms with E-state index in [1.807, 2.05) is 12.1 Å². The van der Waals surface area contributed by atoms with Crippen LogP contribution in [-0.2, 0) is 4.79 Å². The summed E-state index contributed by atoms with van der Waals surface area (Å²) in [5, 5.41) is 11.5. The van der Waals surface area contributed by atoms with Gasteiger partial charge >= 0.3 is 12.0 Å². The number of amides is 2. The lowest BCUT2D eigenvalue weighted by molar-refractivity contribution is -0.137. The summed E-state index contributed by atoms with van der Waals surface area (Å²) in [5.41, 5.74) is 0.666. The van der Waals surface area contributed by atoms with E-state index < -0.39 is 5.97 Å². The highest BCUT2D eigenvalue weighted by Crippen LogP contribution is 2.30. The Morgan fingerprint density at radius 1 is 1.35 bits per heavy atom. The largest absolute Gasteiger partial charge is 0.481 e.